The summed E-state index contributed by atoms with van der Waals surface area (Å²) in [5, 5.41) is 10.7. The molecule has 1 fully saturated rings. The minimum absolute atomic E-state index is 0.0332. The molecule has 0 aromatic heterocycles. The maximum Gasteiger partial charge on any atom is 0.0775 e. The van der Waals surface area contributed by atoms with Gasteiger partial charge in [0.2, 0.25) is 0 Å². The van der Waals surface area contributed by atoms with Crippen molar-refractivity contribution < 1.29 is 8.76 Å². The van der Waals surface area contributed by atoms with E-state index in [0.717, 1.165) is 0 Å². The molecule has 0 spiro atoms. The maximum atomic E-state index is 11.1. The van der Waals surface area contributed by atoms with Crippen molar-refractivity contribution in [3.8, 4) is 0 Å². The lowest BCUT2D eigenvalue weighted by atomic mass is 9.78. The highest BCUT2D eigenvalue weighted by atomic mass is 32.2. The predicted octanol–water partition coefficient (Wildman–Crippen LogP) is 0.522. The molecular weight excluding hydrogens is 236 g/mol. The lowest BCUT2D eigenvalue weighted by molar-refractivity contribution is 0.522. The van der Waals surface area contributed by atoms with E-state index in [-0.39, 0.29) is 23.9 Å². The smallest absolute Gasteiger partial charge is 0.0775 e. The molecule has 0 aromatic rings. The van der Waals surface area contributed by atoms with Gasteiger partial charge in [0.1, 0.15) is 0 Å². The van der Waals surface area contributed by atoms with Gasteiger partial charge in [-0.25, -0.2) is 0 Å². The molecular formula is C12H13N2O2S-. The Hall–Kier alpha value is -1.04. The zero-order chi connectivity index (χ0) is 12.0. The van der Waals surface area contributed by atoms with Gasteiger partial charge in [-0.2, -0.15) is 0 Å². The van der Waals surface area contributed by atoms with Gasteiger partial charge >= 0.3 is 0 Å². The van der Waals surface area contributed by atoms with Gasteiger partial charge in [0.25, 0.3) is 0 Å². The van der Waals surface area contributed by atoms with Gasteiger partial charge in [0.15, 0.2) is 0 Å². The average molecular weight is 249 g/mol. The Morgan fingerprint density at radius 1 is 1.18 bits per heavy atom. The molecule has 0 radical (unpaired) electrons. The van der Waals surface area contributed by atoms with E-state index in [0.29, 0.717) is 5.71 Å². The van der Waals surface area contributed by atoms with E-state index in [1.165, 1.54) is 0 Å². The van der Waals surface area contributed by atoms with Crippen LogP contribution in [0.3, 0.4) is 0 Å². The summed E-state index contributed by atoms with van der Waals surface area (Å²) in [7, 11) is 0. The van der Waals surface area contributed by atoms with Gasteiger partial charge in [-0.15, -0.1) is 0 Å². The third-order valence-corrected chi connectivity index (χ3v) is 4.56. The summed E-state index contributed by atoms with van der Waals surface area (Å²) in [6.07, 6.45) is 11.6. The van der Waals surface area contributed by atoms with Crippen LogP contribution in [0.25, 0.3) is 0 Å². The molecule has 1 heterocycles. The lowest BCUT2D eigenvalue weighted by Crippen LogP contribution is -2.41. The molecule has 0 aromatic carbocycles. The van der Waals surface area contributed by atoms with Crippen LogP contribution in [0.2, 0.25) is 0 Å². The van der Waals surface area contributed by atoms with Gasteiger partial charge in [0.05, 0.1) is 5.25 Å². The molecule has 1 aliphatic heterocycles. The first-order chi connectivity index (χ1) is 8.18. The first-order valence-corrected chi connectivity index (χ1v) is 6.78. The van der Waals surface area contributed by atoms with Crippen LogP contribution >= 0.6 is 0 Å². The molecule has 4 nitrogen and oxygen atoms in total. The summed E-state index contributed by atoms with van der Waals surface area (Å²) in [4.78, 5) is 0. The van der Waals surface area contributed by atoms with E-state index in [1.54, 1.807) is 6.08 Å². The monoisotopic (exact) mass is 249 g/mol. The fourth-order valence-electron chi connectivity index (χ4n) is 2.96. The van der Waals surface area contributed by atoms with Crippen LogP contribution in [-0.2, 0) is 11.1 Å². The highest BCUT2D eigenvalue weighted by Crippen LogP contribution is 2.36. The molecule has 6 atom stereocenters. The predicted molar refractivity (Wildman–Crippen MR) is 65.5 cm³/mol. The summed E-state index contributed by atoms with van der Waals surface area (Å²) < 4.78 is 22.1. The van der Waals surface area contributed by atoms with Gasteiger partial charge in [0, 0.05) is 29.6 Å². The van der Waals surface area contributed by atoms with E-state index in [1.807, 2.05) is 18.2 Å². The van der Waals surface area contributed by atoms with Crippen molar-refractivity contribution in [2.75, 3.05) is 0 Å². The van der Waals surface area contributed by atoms with Crippen molar-refractivity contribution in [1.29, 1.82) is 5.41 Å². The van der Waals surface area contributed by atoms with E-state index in [9.17, 15) is 8.76 Å². The average Bonchev–Trinajstić information content (AvgIpc) is 2.67. The van der Waals surface area contributed by atoms with Gasteiger partial charge in [-0.3, -0.25) is 4.21 Å². The van der Waals surface area contributed by atoms with Crippen molar-refractivity contribution >= 4 is 16.8 Å². The summed E-state index contributed by atoms with van der Waals surface area (Å²) in [6, 6.07) is 0.309. The highest BCUT2D eigenvalue weighted by Gasteiger charge is 2.45. The molecule has 5 heteroatoms. The first-order valence-electron chi connectivity index (χ1n) is 5.64. The molecule has 17 heavy (non-hydrogen) atoms. The second kappa shape index (κ2) is 4.01. The standard InChI is InChI=1S/C12H14N2O2S/c13-12-10(17(15)16)6-5-9-11(12)7-3-1-2-4-8(7)14-9/h1-11,13-14H,(H,15,16)/p-1. The Balaban J connectivity index is 1.95. The molecule has 3 rings (SSSR count). The van der Waals surface area contributed by atoms with E-state index < -0.39 is 16.3 Å². The maximum absolute atomic E-state index is 11.1. The molecule has 2 aliphatic carbocycles. The van der Waals surface area contributed by atoms with Gasteiger partial charge in [-0.1, -0.05) is 36.5 Å². The zero-order valence-electron chi connectivity index (χ0n) is 9.08. The van der Waals surface area contributed by atoms with Crippen LogP contribution in [0.5, 0.6) is 0 Å². The molecule has 90 valence electrons. The van der Waals surface area contributed by atoms with Crippen molar-refractivity contribution in [3.63, 3.8) is 0 Å². The lowest BCUT2D eigenvalue weighted by Gasteiger charge is -2.31. The quantitative estimate of drug-likeness (QED) is 0.525. The Labute approximate surface area is 102 Å². The number of nitrogens with one attached hydrogen (secondary N) is 2. The minimum Gasteiger partial charge on any atom is -0.772 e. The first kappa shape index (κ1) is 11.1. The number of rotatable bonds is 1. The second-order valence-electron chi connectivity index (χ2n) is 4.61. The van der Waals surface area contributed by atoms with Crippen LogP contribution in [0.4, 0.5) is 0 Å². The van der Waals surface area contributed by atoms with E-state index in [4.69, 9.17) is 5.41 Å². The normalized spacial score (nSPS) is 44.5. The highest BCUT2D eigenvalue weighted by molar-refractivity contribution is 7.80. The summed E-state index contributed by atoms with van der Waals surface area (Å²) in [5.74, 6) is 0.169. The van der Waals surface area contributed by atoms with Crippen LogP contribution in [0.15, 0.2) is 36.5 Å². The molecule has 1 saturated heterocycles. The van der Waals surface area contributed by atoms with Crippen molar-refractivity contribution in [2.24, 2.45) is 11.8 Å². The number of allylic oxidation sites excluding steroid dienone is 2. The van der Waals surface area contributed by atoms with Gasteiger partial charge in [-0.05, 0) is 11.1 Å². The summed E-state index contributed by atoms with van der Waals surface area (Å²) in [6.45, 7) is 0. The second-order valence-corrected chi connectivity index (χ2v) is 5.64. The van der Waals surface area contributed by atoms with Crippen molar-refractivity contribution in [2.45, 2.75) is 17.3 Å². The number of hydrogen-bond acceptors (Lipinski definition) is 4. The van der Waals surface area contributed by atoms with Crippen LogP contribution in [0, 0.1) is 17.2 Å². The van der Waals surface area contributed by atoms with Crippen LogP contribution < -0.4 is 5.32 Å². The van der Waals surface area contributed by atoms with Gasteiger partial charge < -0.3 is 15.3 Å². The minimum atomic E-state index is -2.23. The Kier molecular flexibility index (Phi) is 2.61. The fourth-order valence-corrected chi connectivity index (χ4v) is 3.54. The molecule has 0 bridgehead atoms. The molecule has 0 saturated carbocycles. The number of hydrogen-bond donors (Lipinski definition) is 2. The Morgan fingerprint density at radius 2 is 1.94 bits per heavy atom. The summed E-state index contributed by atoms with van der Waals surface area (Å²) in [5.41, 5.74) is 0.311. The van der Waals surface area contributed by atoms with E-state index >= 15 is 0 Å². The fraction of sp³-hybridized carbons (Fsp3) is 0.417. The zero-order valence-corrected chi connectivity index (χ0v) is 9.89. The van der Waals surface area contributed by atoms with Crippen molar-refractivity contribution in [1.82, 2.24) is 5.32 Å². The van der Waals surface area contributed by atoms with Crippen LogP contribution in [-0.4, -0.2) is 31.8 Å². The molecule has 0 amide bonds. The molecule has 3 aliphatic rings. The van der Waals surface area contributed by atoms with E-state index in [2.05, 4.69) is 17.5 Å². The third-order valence-electron chi connectivity index (χ3n) is 3.73. The Bertz CT molecular complexity index is 469. The third kappa shape index (κ3) is 1.66. The molecule has 6 unspecified atom stereocenters. The Morgan fingerprint density at radius 3 is 2.71 bits per heavy atom. The SMILES string of the molecule is N=C1C2C(C=CC1S(=O)[O-])NC1C=CC=CC12. The topological polar surface area (TPSA) is 76.0 Å². The van der Waals surface area contributed by atoms with Crippen LogP contribution in [0.1, 0.15) is 0 Å². The number of fused-ring (bicyclic) bond motifs is 3. The summed E-state index contributed by atoms with van der Waals surface area (Å²) >= 11 is -2.23. The molecule has 2 N–H and O–H groups in total. The largest absolute Gasteiger partial charge is 0.772 e. The van der Waals surface area contributed by atoms with Crippen molar-refractivity contribution in [3.05, 3.63) is 36.5 Å².